The molecule has 4 rings (SSSR count). The van der Waals surface area contributed by atoms with E-state index in [9.17, 15) is 5.11 Å². The molecule has 0 fully saturated rings. The number of rotatable bonds is 11. The van der Waals surface area contributed by atoms with Gasteiger partial charge in [-0.25, -0.2) is 0 Å². The SMILES string of the molecule is Br.CCCO.COc1ccccc1OCCNCC(O)COc1cccc2[nH]c3ccccc3c12. The molecule has 35 heavy (non-hydrogen) atoms. The number of ether oxygens (including phenoxy) is 3. The molecule has 0 spiro atoms. The number of hydrogen-bond donors (Lipinski definition) is 4. The van der Waals surface area contributed by atoms with Crippen molar-refractivity contribution in [2.75, 3.05) is 40.0 Å². The minimum atomic E-state index is -0.628. The molecule has 1 aromatic heterocycles. The van der Waals surface area contributed by atoms with E-state index in [-0.39, 0.29) is 23.6 Å². The van der Waals surface area contributed by atoms with Gasteiger partial charge in [0.25, 0.3) is 0 Å². The summed E-state index contributed by atoms with van der Waals surface area (Å²) in [6, 6.07) is 21.6. The lowest BCUT2D eigenvalue weighted by Gasteiger charge is -2.15. The van der Waals surface area contributed by atoms with E-state index in [0.717, 1.165) is 34.0 Å². The number of hydrogen-bond acceptors (Lipinski definition) is 6. The largest absolute Gasteiger partial charge is 0.493 e. The standard InChI is InChI=1S/C24H26N2O4.C3H8O.BrH/c1-28-21-10-4-5-11-22(21)29-14-13-25-15-17(27)16-30-23-12-6-9-20-24(23)18-7-2-3-8-19(18)26-20;1-2-3-4;/h2-12,17,25-27H,13-16H2,1H3;4H,2-3H2,1H3;1H. The zero-order valence-corrected chi connectivity index (χ0v) is 21.9. The summed E-state index contributed by atoms with van der Waals surface area (Å²) in [5, 5.41) is 23.5. The van der Waals surface area contributed by atoms with Crippen molar-refractivity contribution in [2.24, 2.45) is 0 Å². The third-order valence-electron chi connectivity index (χ3n) is 5.13. The van der Waals surface area contributed by atoms with E-state index in [1.54, 1.807) is 7.11 Å². The van der Waals surface area contributed by atoms with Gasteiger partial charge in [-0.2, -0.15) is 0 Å². The molecule has 0 aliphatic carbocycles. The molecule has 0 aliphatic heterocycles. The molecule has 0 saturated carbocycles. The molecular weight excluding hydrogens is 512 g/mol. The number of methoxy groups -OCH3 is 1. The summed E-state index contributed by atoms with van der Waals surface area (Å²) in [5.41, 5.74) is 2.09. The van der Waals surface area contributed by atoms with Crippen LogP contribution >= 0.6 is 17.0 Å². The Morgan fingerprint density at radius 3 is 2.29 bits per heavy atom. The lowest BCUT2D eigenvalue weighted by Crippen LogP contribution is -2.33. The van der Waals surface area contributed by atoms with Crippen molar-refractivity contribution in [3.63, 3.8) is 0 Å². The van der Waals surface area contributed by atoms with E-state index in [4.69, 9.17) is 19.3 Å². The van der Waals surface area contributed by atoms with E-state index in [1.165, 1.54) is 0 Å². The molecule has 4 N–H and O–H groups in total. The van der Waals surface area contributed by atoms with E-state index < -0.39 is 6.10 Å². The molecule has 1 unspecified atom stereocenters. The molecule has 3 aromatic carbocycles. The predicted molar refractivity (Wildman–Crippen MR) is 146 cm³/mol. The Hall–Kier alpha value is -2.78. The smallest absolute Gasteiger partial charge is 0.161 e. The summed E-state index contributed by atoms with van der Waals surface area (Å²) in [7, 11) is 1.62. The number of para-hydroxylation sites is 3. The minimum absolute atomic E-state index is 0. The maximum absolute atomic E-state index is 10.3. The molecular formula is C27H35BrN2O5. The first-order valence-corrected chi connectivity index (χ1v) is 11.6. The van der Waals surface area contributed by atoms with Gasteiger partial charge in [-0.3, -0.25) is 0 Å². The normalized spacial score (nSPS) is 11.3. The number of fused-ring (bicyclic) bond motifs is 3. The van der Waals surface area contributed by atoms with Crippen LogP contribution in [-0.2, 0) is 0 Å². The highest BCUT2D eigenvalue weighted by Crippen LogP contribution is 2.33. The number of benzene rings is 3. The van der Waals surface area contributed by atoms with Crippen molar-refractivity contribution in [3.8, 4) is 17.2 Å². The summed E-state index contributed by atoms with van der Waals surface area (Å²) in [6.45, 7) is 3.95. The maximum Gasteiger partial charge on any atom is 0.161 e. The zero-order valence-electron chi connectivity index (χ0n) is 20.2. The number of aromatic amines is 1. The highest BCUT2D eigenvalue weighted by molar-refractivity contribution is 8.93. The Balaban J connectivity index is 0.000000804. The van der Waals surface area contributed by atoms with Crippen LogP contribution in [0.4, 0.5) is 0 Å². The first-order chi connectivity index (χ1) is 16.7. The van der Waals surface area contributed by atoms with Gasteiger partial charge in [-0.05, 0) is 36.8 Å². The van der Waals surface area contributed by atoms with Crippen LogP contribution in [0.5, 0.6) is 17.2 Å². The van der Waals surface area contributed by atoms with Crippen molar-refractivity contribution >= 4 is 38.8 Å². The molecule has 0 aliphatic rings. The van der Waals surface area contributed by atoms with Gasteiger partial charge < -0.3 is 34.7 Å². The zero-order chi connectivity index (χ0) is 24.2. The van der Waals surface area contributed by atoms with Crippen LogP contribution < -0.4 is 19.5 Å². The van der Waals surface area contributed by atoms with E-state index in [1.807, 2.05) is 67.6 Å². The lowest BCUT2D eigenvalue weighted by atomic mass is 10.1. The van der Waals surface area contributed by atoms with Crippen LogP contribution in [0.2, 0.25) is 0 Å². The topological polar surface area (TPSA) is 96.0 Å². The molecule has 190 valence electrons. The van der Waals surface area contributed by atoms with Crippen molar-refractivity contribution < 1.29 is 24.4 Å². The fourth-order valence-electron chi connectivity index (χ4n) is 3.47. The Bertz CT molecular complexity index is 1150. The Kier molecular flexibility index (Phi) is 12.4. The summed E-state index contributed by atoms with van der Waals surface area (Å²) < 4.78 is 16.9. The van der Waals surface area contributed by atoms with Crippen LogP contribution in [0, 0.1) is 0 Å². The van der Waals surface area contributed by atoms with Crippen LogP contribution in [0.15, 0.2) is 66.7 Å². The highest BCUT2D eigenvalue weighted by Gasteiger charge is 2.11. The van der Waals surface area contributed by atoms with Crippen LogP contribution in [-0.4, -0.2) is 61.3 Å². The first-order valence-electron chi connectivity index (χ1n) is 11.6. The summed E-state index contributed by atoms with van der Waals surface area (Å²) in [4.78, 5) is 3.40. The molecule has 1 atom stereocenters. The van der Waals surface area contributed by atoms with Crippen molar-refractivity contribution in [2.45, 2.75) is 19.4 Å². The second-order valence-corrected chi connectivity index (χ2v) is 7.74. The summed E-state index contributed by atoms with van der Waals surface area (Å²) in [6.07, 6.45) is 0.247. The number of aromatic nitrogens is 1. The first kappa shape index (κ1) is 28.5. The number of nitrogens with one attached hydrogen (secondary N) is 2. The quantitative estimate of drug-likeness (QED) is 0.203. The monoisotopic (exact) mass is 546 g/mol. The number of aliphatic hydroxyl groups is 2. The number of H-pyrrole nitrogens is 1. The Morgan fingerprint density at radius 1 is 0.886 bits per heavy atom. The molecule has 0 amide bonds. The molecule has 1 heterocycles. The Morgan fingerprint density at radius 2 is 1.54 bits per heavy atom. The number of halogens is 1. The van der Waals surface area contributed by atoms with Gasteiger partial charge in [0.1, 0.15) is 25.1 Å². The number of aliphatic hydroxyl groups excluding tert-OH is 2. The van der Waals surface area contributed by atoms with Crippen LogP contribution in [0.1, 0.15) is 13.3 Å². The molecule has 7 nitrogen and oxygen atoms in total. The highest BCUT2D eigenvalue weighted by atomic mass is 79.9. The summed E-state index contributed by atoms with van der Waals surface area (Å²) >= 11 is 0. The van der Waals surface area contributed by atoms with E-state index in [0.29, 0.717) is 37.8 Å². The van der Waals surface area contributed by atoms with Crippen molar-refractivity contribution in [3.05, 3.63) is 66.7 Å². The lowest BCUT2D eigenvalue weighted by molar-refractivity contribution is 0.106. The van der Waals surface area contributed by atoms with Gasteiger partial charge in [0.15, 0.2) is 11.5 Å². The maximum atomic E-state index is 10.3. The minimum Gasteiger partial charge on any atom is -0.493 e. The van der Waals surface area contributed by atoms with Gasteiger partial charge in [0.05, 0.1) is 12.6 Å². The third kappa shape index (κ3) is 8.14. The average Bonchev–Trinajstić information content (AvgIpc) is 3.27. The summed E-state index contributed by atoms with van der Waals surface area (Å²) in [5.74, 6) is 2.18. The second kappa shape index (κ2) is 15.3. The fourth-order valence-corrected chi connectivity index (χ4v) is 3.47. The van der Waals surface area contributed by atoms with E-state index in [2.05, 4.69) is 16.4 Å². The molecule has 0 saturated heterocycles. The van der Waals surface area contributed by atoms with Gasteiger partial charge in [-0.1, -0.05) is 43.3 Å². The molecule has 0 radical (unpaired) electrons. The van der Waals surface area contributed by atoms with Gasteiger partial charge in [0, 0.05) is 36.0 Å². The second-order valence-electron chi connectivity index (χ2n) is 7.74. The van der Waals surface area contributed by atoms with Gasteiger partial charge in [0.2, 0.25) is 0 Å². The predicted octanol–water partition coefficient (Wildman–Crippen LogP) is 4.70. The van der Waals surface area contributed by atoms with Crippen LogP contribution in [0.3, 0.4) is 0 Å². The Labute approximate surface area is 216 Å². The van der Waals surface area contributed by atoms with Crippen molar-refractivity contribution in [1.29, 1.82) is 0 Å². The molecule has 0 bridgehead atoms. The van der Waals surface area contributed by atoms with Gasteiger partial charge >= 0.3 is 0 Å². The molecule has 8 heteroatoms. The third-order valence-corrected chi connectivity index (χ3v) is 5.13. The molecule has 4 aromatic rings. The van der Waals surface area contributed by atoms with E-state index >= 15 is 0 Å². The van der Waals surface area contributed by atoms with Crippen molar-refractivity contribution in [1.82, 2.24) is 10.3 Å². The average molecular weight is 547 g/mol. The van der Waals surface area contributed by atoms with Crippen LogP contribution in [0.25, 0.3) is 21.8 Å². The van der Waals surface area contributed by atoms with Gasteiger partial charge in [-0.15, -0.1) is 17.0 Å². The fraction of sp³-hybridized carbons (Fsp3) is 0.333.